The molecule has 1 aromatic heterocycles. The number of halogens is 2. The molecule has 0 saturated carbocycles. The summed E-state index contributed by atoms with van der Waals surface area (Å²) >= 11 is 9.35. The van der Waals surface area contributed by atoms with Gasteiger partial charge in [0.25, 0.3) is 0 Å². The fourth-order valence-electron chi connectivity index (χ4n) is 1.51. The molecule has 0 N–H and O–H groups in total. The van der Waals surface area contributed by atoms with Gasteiger partial charge in [0.1, 0.15) is 10.8 Å². The Morgan fingerprint density at radius 2 is 1.89 bits per heavy atom. The van der Waals surface area contributed by atoms with Gasteiger partial charge >= 0.3 is 0 Å². The molecule has 18 heavy (non-hydrogen) atoms. The molecule has 0 fully saturated rings. The Labute approximate surface area is 120 Å². The van der Waals surface area contributed by atoms with Crippen molar-refractivity contribution in [2.45, 2.75) is 19.8 Å². The van der Waals surface area contributed by atoms with Gasteiger partial charge in [-0.3, -0.25) is 0 Å². The largest absolute Gasteiger partial charge is 0.438 e. The minimum absolute atomic E-state index is 0.414. The van der Waals surface area contributed by atoms with Gasteiger partial charge in [0, 0.05) is 10.7 Å². The van der Waals surface area contributed by atoms with Crippen LogP contribution in [0.2, 0.25) is 5.02 Å². The van der Waals surface area contributed by atoms with Crippen LogP contribution in [0.1, 0.15) is 25.3 Å². The fraction of sp³-hybridized carbons (Fsp3) is 0.214. The Kier molecular flexibility index (Phi) is 4.25. The molecular formula is C14H13BrClNO. The maximum absolute atomic E-state index is 6.04. The summed E-state index contributed by atoms with van der Waals surface area (Å²) in [5.41, 5.74) is 1.28. The normalized spacial score (nSPS) is 10.7. The van der Waals surface area contributed by atoms with Crippen molar-refractivity contribution < 1.29 is 4.74 Å². The molecule has 0 atom stereocenters. The Morgan fingerprint density at radius 3 is 2.44 bits per heavy atom. The molecule has 0 unspecified atom stereocenters. The number of hydrogen-bond acceptors (Lipinski definition) is 2. The lowest BCUT2D eigenvalue weighted by molar-refractivity contribution is 0.463. The molecule has 2 rings (SSSR count). The van der Waals surface area contributed by atoms with Crippen LogP contribution in [0.15, 0.2) is 41.0 Å². The zero-order valence-corrected chi connectivity index (χ0v) is 12.5. The summed E-state index contributed by atoms with van der Waals surface area (Å²) in [7, 11) is 0. The Balaban J connectivity index is 2.18. The lowest BCUT2D eigenvalue weighted by atomic mass is 10.0. The quantitative estimate of drug-likeness (QED) is 0.752. The maximum atomic E-state index is 6.04. The van der Waals surface area contributed by atoms with E-state index in [0.29, 0.717) is 16.8 Å². The van der Waals surface area contributed by atoms with Gasteiger partial charge in [-0.15, -0.1) is 0 Å². The predicted molar refractivity (Wildman–Crippen MR) is 77.6 cm³/mol. The summed E-state index contributed by atoms with van der Waals surface area (Å²) < 4.78 is 6.46. The Bertz CT molecular complexity index is 540. The van der Waals surface area contributed by atoms with E-state index < -0.39 is 0 Å². The number of pyridine rings is 1. The number of ether oxygens (including phenoxy) is 1. The van der Waals surface area contributed by atoms with Gasteiger partial charge < -0.3 is 4.74 Å². The van der Waals surface area contributed by atoms with E-state index in [2.05, 4.69) is 34.8 Å². The smallest absolute Gasteiger partial charge is 0.238 e. The van der Waals surface area contributed by atoms with E-state index in [9.17, 15) is 0 Å². The van der Waals surface area contributed by atoms with E-state index in [4.69, 9.17) is 16.3 Å². The van der Waals surface area contributed by atoms with Gasteiger partial charge in [0.15, 0.2) is 0 Å². The molecule has 1 heterocycles. The summed E-state index contributed by atoms with van der Waals surface area (Å²) in [6, 6.07) is 9.71. The molecule has 0 aliphatic carbocycles. The average Bonchev–Trinajstić information content (AvgIpc) is 2.33. The van der Waals surface area contributed by atoms with Crippen molar-refractivity contribution in [3.63, 3.8) is 0 Å². The highest BCUT2D eigenvalue weighted by atomic mass is 79.9. The molecule has 2 nitrogen and oxygen atoms in total. The first-order valence-corrected chi connectivity index (χ1v) is 6.82. The molecule has 0 aliphatic rings. The minimum Gasteiger partial charge on any atom is -0.438 e. The highest BCUT2D eigenvalue weighted by Crippen LogP contribution is 2.29. The van der Waals surface area contributed by atoms with Crippen molar-refractivity contribution in [2.24, 2.45) is 0 Å². The first-order chi connectivity index (χ1) is 8.56. The molecule has 1 aromatic carbocycles. The number of benzene rings is 1. The molecule has 0 amide bonds. The third-order valence-electron chi connectivity index (χ3n) is 2.54. The van der Waals surface area contributed by atoms with Crippen molar-refractivity contribution in [1.82, 2.24) is 4.98 Å². The van der Waals surface area contributed by atoms with Crippen molar-refractivity contribution in [3.8, 4) is 11.6 Å². The van der Waals surface area contributed by atoms with Gasteiger partial charge in [-0.2, -0.15) is 0 Å². The van der Waals surface area contributed by atoms with Crippen LogP contribution >= 0.6 is 27.5 Å². The van der Waals surface area contributed by atoms with Gasteiger partial charge in [-0.25, -0.2) is 4.98 Å². The van der Waals surface area contributed by atoms with E-state index in [-0.39, 0.29) is 0 Å². The van der Waals surface area contributed by atoms with Crippen LogP contribution in [-0.2, 0) is 0 Å². The van der Waals surface area contributed by atoms with Crippen LogP contribution in [0.4, 0.5) is 0 Å². The van der Waals surface area contributed by atoms with Crippen molar-refractivity contribution in [3.05, 3.63) is 51.6 Å². The van der Waals surface area contributed by atoms with E-state index in [1.807, 2.05) is 24.3 Å². The monoisotopic (exact) mass is 325 g/mol. The van der Waals surface area contributed by atoms with Crippen molar-refractivity contribution in [2.75, 3.05) is 0 Å². The molecule has 0 radical (unpaired) electrons. The first kappa shape index (κ1) is 13.4. The van der Waals surface area contributed by atoms with Gasteiger partial charge in [0.05, 0.1) is 0 Å². The first-order valence-electron chi connectivity index (χ1n) is 5.65. The summed E-state index contributed by atoms with van der Waals surface area (Å²) in [5.74, 6) is 1.65. The molecule has 0 bridgehead atoms. The van der Waals surface area contributed by atoms with Crippen LogP contribution in [0, 0.1) is 0 Å². The Morgan fingerprint density at radius 1 is 1.22 bits per heavy atom. The van der Waals surface area contributed by atoms with Gasteiger partial charge in [-0.1, -0.05) is 37.6 Å². The van der Waals surface area contributed by atoms with Crippen molar-refractivity contribution in [1.29, 1.82) is 0 Å². The molecule has 4 heteroatoms. The molecule has 94 valence electrons. The van der Waals surface area contributed by atoms with Crippen LogP contribution in [0.5, 0.6) is 11.6 Å². The average molecular weight is 327 g/mol. The van der Waals surface area contributed by atoms with E-state index in [1.165, 1.54) is 5.56 Å². The highest BCUT2D eigenvalue weighted by molar-refractivity contribution is 9.10. The van der Waals surface area contributed by atoms with Crippen LogP contribution in [0.3, 0.4) is 0 Å². The molecule has 2 aromatic rings. The van der Waals surface area contributed by atoms with E-state index in [0.717, 1.165) is 10.2 Å². The van der Waals surface area contributed by atoms with Crippen LogP contribution in [0.25, 0.3) is 0 Å². The van der Waals surface area contributed by atoms with Crippen molar-refractivity contribution >= 4 is 27.5 Å². The molecule has 0 spiro atoms. The van der Waals surface area contributed by atoms with Gasteiger partial charge in [-0.05, 0) is 45.6 Å². The Hall–Kier alpha value is -1.06. The molecular weight excluding hydrogens is 314 g/mol. The van der Waals surface area contributed by atoms with E-state index >= 15 is 0 Å². The second kappa shape index (κ2) is 5.72. The minimum atomic E-state index is 0.414. The van der Waals surface area contributed by atoms with Crippen LogP contribution in [-0.4, -0.2) is 4.98 Å². The summed E-state index contributed by atoms with van der Waals surface area (Å²) in [6.07, 6.45) is 1.66. The lowest BCUT2D eigenvalue weighted by Gasteiger charge is -2.09. The predicted octanol–water partition coefficient (Wildman–Crippen LogP) is 5.41. The third-order valence-corrected chi connectivity index (χ3v) is 3.24. The second-order valence-corrected chi connectivity index (χ2v) is 5.59. The summed E-state index contributed by atoms with van der Waals surface area (Å²) in [6.45, 7) is 4.31. The number of rotatable bonds is 3. The van der Waals surface area contributed by atoms with E-state index in [1.54, 1.807) is 12.3 Å². The number of nitrogens with zero attached hydrogens (tertiary/aromatic N) is 1. The molecule has 0 saturated heterocycles. The fourth-order valence-corrected chi connectivity index (χ4v) is 2.18. The van der Waals surface area contributed by atoms with Gasteiger partial charge in [0.2, 0.25) is 5.88 Å². The standard InChI is InChI=1S/C14H13BrClNO/c1-9(2)10-3-5-12(6-4-10)18-14-13(16)7-11(15)8-17-14/h3-9H,1-2H3. The zero-order valence-electron chi connectivity index (χ0n) is 10.2. The topological polar surface area (TPSA) is 22.1 Å². The zero-order chi connectivity index (χ0) is 13.1. The summed E-state index contributed by atoms with van der Waals surface area (Å²) in [5, 5.41) is 0.484. The SMILES string of the molecule is CC(C)c1ccc(Oc2ncc(Br)cc2Cl)cc1. The second-order valence-electron chi connectivity index (χ2n) is 4.27. The number of aromatic nitrogens is 1. The molecule has 0 aliphatic heterocycles. The summed E-state index contributed by atoms with van der Waals surface area (Å²) in [4.78, 5) is 4.13. The number of hydrogen-bond donors (Lipinski definition) is 0. The van der Waals surface area contributed by atoms with Crippen LogP contribution < -0.4 is 4.74 Å². The third kappa shape index (κ3) is 3.24. The highest BCUT2D eigenvalue weighted by Gasteiger charge is 2.06. The lowest BCUT2D eigenvalue weighted by Crippen LogP contribution is -1.90. The maximum Gasteiger partial charge on any atom is 0.238 e.